The topological polar surface area (TPSA) is 119 Å². The molecule has 1 fully saturated rings. The van der Waals surface area contributed by atoms with Crippen molar-refractivity contribution in [3.63, 3.8) is 0 Å². The molecule has 1 saturated heterocycles. The van der Waals surface area contributed by atoms with E-state index in [1.54, 1.807) is 0 Å². The van der Waals surface area contributed by atoms with Gasteiger partial charge in [-0.25, -0.2) is 9.59 Å². The first kappa shape index (κ1) is 24.8. The molecule has 0 aromatic rings. The Kier molecular flexibility index (Phi) is 13.8. The molecule has 0 radical (unpaired) electrons. The lowest BCUT2D eigenvalue weighted by Crippen LogP contribution is -2.41. The quantitative estimate of drug-likeness (QED) is 0.556. The first-order chi connectivity index (χ1) is 11.8. The van der Waals surface area contributed by atoms with E-state index in [2.05, 4.69) is 14.9 Å². The Morgan fingerprint density at radius 3 is 1.96 bits per heavy atom. The van der Waals surface area contributed by atoms with Crippen molar-refractivity contribution in [3.8, 4) is 0 Å². The van der Waals surface area contributed by atoms with Crippen LogP contribution in [0, 0.1) is 0 Å². The highest BCUT2D eigenvalue weighted by Crippen LogP contribution is 2.13. The average molecular weight is 360 g/mol. The van der Waals surface area contributed by atoms with E-state index in [4.69, 9.17) is 0 Å². The molecule has 144 valence electrons. The van der Waals surface area contributed by atoms with Gasteiger partial charge in [0, 0.05) is 19.8 Å². The highest BCUT2D eigenvalue weighted by molar-refractivity contribution is 6.01. The molecule has 0 aromatic heterocycles. The number of esters is 1. The number of rotatable bonds is 6. The summed E-state index contributed by atoms with van der Waals surface area (Å²) in [5.74, 6) is -3.17. The van der Waals surface area contributed by atoms with Crippen LogP contribution >= 0.6 is 0 Å². The Morgan fingerprint density at radius 2 is 1.56 bits per heavy atom. The van der Waals surface area contributed by atoms with Crippen LogP contribution in [0.1, 0.15) is 60.3 Å². The van der Waals surface area contributed by atoms with E-state index in [0.29, 0.717) is 5.06 Å². The van der Waals surface area contributed by atoms with Gasteiger partial charge in [-0.05, 0) is 6.42 Å². The predicted octanol–water partition coefficient (Wildman–Crippen LogP) is 1.10. The highest BCUT2D eigenvalue weighted by atomic mass is 16.7. The molecule has 1 N–H and O–H groups in total. The molecule has 1 aliphatic rings. The number of hydroxylamine groups is 2. The summed E-state index contributed by atoms with van der Waals surface area (Å²) in [4.78, 5) is 61.1. The minimum Gasteiger partial charge on any atom is -0.467 e. The summed E-state index contributed by atoms with van der Waals surface area (Å²) in [6, 6.07) is -0.995. The fourth-order valence-electron chi connectivity index (χ4n) is 1.70. The van der Waals surface area contributed by atoms with Crippen LogP contribution in [0.2, 0.25) is 0 Å². The third kappa shape index (κ3) is 9.43. The molecule has 0 bridgehead atoms. The van der Waals surface area contributed by atoms with E-state index in [1.165, 1.54) is 6.92 Å². The number of hydrogen-bond acceptors (Lipinski definition) is 7. The zero-order valence-electron chi connectivity index (χ0n) is 15.7. The molecule has 9 heteroatoms. The van der Waals surface area contributed by atoms with E-state index in [1.807, 2.05) is 27.7 Å². The zero-order valence-corrected chi connectivity index (χ0v) is 15.7. The van der Waals surface area contributed by atoms with Crippen molar-refractivity contribution in [2.24, 2.45) is 0 Å². The molecule has 1 aliphatic heterocycles. The maximum absolute atomic E-state index is 11.6. The van der Waals surface area contributed by atoms with Crippen molar-refractivity contribution < 1.29 is 33.5 Å². The van der Waals surface area contributed by atoms with Gasteiger partial charge in [0.1, 0.15) is 6.04 Å². The van der Waals surface area contributed by atoms with Gasteiger partial charge >= 0.3 is 11.9 Å². The van der Waals surface area contributed by atoms with Crippen molar-refractivity contribution in [2.45, 2.75) is 66.3 Å². The lowest BCUT2D eigenvalue weighted by atomic mass is 10.1. The van der Waals surface area contributed by atoms with Gasteiger partial charge in [0.25, 0.3) is 11.8 Å². The summed E-state index contributed by atoms with van der Waals surface area (Å²) in [5, 5.41) is 2.75. The third-order valence-corrected chi connectivity index (χ3v) is 2.70. The highest BCUT2D eigenvalue weighted by Gasteiger charge is 2.33. The largest absolute Gasteiger partial charge is 0.467 e. The van der Waals surface area contributed by atoms with Gasteiger partial charge in [0.2, 0.25) is 5.91 Å². The number of amides is 3. The van der Waals surface area contributed by atoms with Gasteiger partial charge < -0.3 is 14.9 Å². The van der Waals surface area contributed by atoms with Crippen molar-refractivity contribution in [1.82, 2.24) is 10.4 Å². The SMILES string of the molecule is CC.CC.COC(=O)[C@H](CCC(=O)ON1C(=O)CCC1=O)NC(C)=O. The smallest absolute Gasteiger partial charge is 0.333 e. The molecule has 0 unspecified atom stereocenters. The Balaban J connectivity index is 0. The Labute approximate surface area is 148 Å². The number of carbonyl (C=O) groups excluding carboxylic acids is 5. The molecule has 0 aromatic carbocycles. The number of hydrogen-bond donors (Lipinski definition) is 1. The van der Waals surface area contributed by atoms with Gasteiger partial charge in [0.05, 0.1) is 13.5 Å². The molecule has 0 aliphatic carbocycles. The van der Waals surface area contributed by atoms with E-state index in [0.717, 1.165) is 7.11 Å². The van der Waals surface area contributed by atoms with E-state index in [9.17, 15) is 24.0 Å². The van der Waals surface area contributed by atoms with Crippen LogP contribution in [0.25, 0.3) is 0 Å². The van der Waals surface area contributed by atoms with Crippen molar-refractivity contribution >= 4 is 29.7 Å². The minimum absolute atomic E-state index is 0.00277. The second-order valence-electron chi connectivity index (χ2n) is 4.36. The van der Waals surface area contributed by atoms with Crippen molar-refractivity contribution in [3.05, 3.63) is 0 Å². The molecular formula is C16H28N2O7. The number of imide groups is 1. The standard InChI is InChI=1S/C12H16N2O7.2C2H6/c1-7(15)13-8(12(19)20-2)3-6-11(18)21-14-9(16)4-5-10(14)17;2*1-2/h8H,3-6H2,1-2H3,(H,13,15);2*1-2H3/t8-;;/m0../s1. The molecule has 1 rings (SSSR count). The van der Waals surface area contributed by atoms with Crippen LogP contribution in [-0.4, -0.2) is 47.9 Å². The van der Waals surface area contributed by atoms with Crippen LogP contribution < -0.4 is 5.32 Å². The molecule has 0 saturated carbocycles. The second-order valence-corrected chi connectivity index (χ2v) is 4.36. The van der Waals surface area contributed by atoms with Gasteiger partial charge in [0.15, 0.2) is 0 Å². The number of nitrogens with zero attached hydrogens (tertiary/aromatic N) is 1. The first-order valence-corrected chi connectivity index (χ1v) is 8.26. The summed E-state index contributed by atoms with van der Waals surface area (Å²) < 4.78 is 4.49. The molecule has 1 heterocycles. The first-order valence-electron chi connectivity index (χ1n) is 8.26. The molecule has 1 atom stereocenters. The minimum atomic E-state index is -0.995. The molecule has 3 amide bonds. The number of nitrogens with one attached hydrogen (secondary N) is 1. The van der Waals surface area contributed by atoms with Crippen molar-refractivity contribution in [1.29, 1.82) is 0 Å². The Hall–Kier alpha value is -2.45. The van der Waals surface area contributed by atoms with Gasteiger partial charge in [-0.3, -0.25) is 14.4 Å². The number of carbonyl (C=O) groups is 5. The molecule has 25 heavy (non-hydrogen) atoms. The average Bonchev–Trinajstić information content (AvgIpc) is 2.93. The summed E-state index contributed by atoms with van der Waals surface area (Å²) >= 11 is 0. The zero-order chi connectivity index (χ0) is 20.0. The molecular weight excluding hydrogens is 332 g/mol. The second kappa shape index (κ2) is 13.9. The monoisotopic (exact) mass is 360 g/mol. The van der Waals surface area contributed by atoms with Crippen LogP contribution in [0.3, 0.4) is 0 Å². The van der Waals surface area contributed by atoms with E-state index in [-0.39, 0.29) is 25.7 Å². The fourth-order valence-corrected chi connectivity index (χ4v) is 1.70. The van der Waals surface area contributed by atoms with Crippen LogP contribution in [0.4, 0.5) is 0 Å². The predicted molar refractivity (Wildman–Crippen MR) is 88.7 cm³/mol. The maximum Gasteiger partial charge on any atom is 0.333 e. The lowest BCUT2D eigenvalue weighted by molar-refractivity contribution is -0.197. The van der Waals surface area contributed by atoms with Crippen LogP contribution in [0.15, 0.2) is 0 Å². The summed E-state index contributed by atoms with van der Waals surface area (Å²) in [7, 11) is 1.15. The van der Waals surface area contributed by atoms with E-state index < -0.39 is 35.7 Å². The summed E-state index contributed by atoms with van der Waals surface area (Å²) in [6.07, 6.45) is -0.329. The van der Waals surface area contributed by atoms with E-state index >= 15 is 0 Å². The number of methoxy groups -OCH3 is 1. The Morgan fingerprint density at radius 1 is 1.08 bits per heavy atom. The summed E-state index contributed by atoms with van der Waals surface area (Å²) in [6.45, 7) is 9.22. The third-order valence-electron chi connectivity index (χ3n) is 2.70. The van der Waals surface area contributed by atoms with Crippen molar-refractivity contribution in [2.75, 3.05) is 7.11 Å². The number of ether oxygens (including phenoxy) is 1. The molecule has 0 spiro atoms. The molecule has 9 nitrogen and oxygen atoms in total. The maximum atomic E-state index is 11.6. The lowest BCUT2D eigenvalue weighted by Gasteiger charge is -2.16. The Bertz CT molecular complexity index is 461. The summed E-state index contributed by atoms with van der Waals surface area (Å²) in [5.41, 5.74) is 0. The van der Waals surface area contributed by atoms with Crippen LogP contribution in [0.5, 0.6) is 0 Å². The van der Waals surface area contributed by atoms with Gasteiger partial charge in [-0.2, -0.15) is 0 Å². The van der Waals surface area contributed by atoms with Crippen LogP contribution in [-0.2, 0) is 33.5 Å². The van der Waals surface area contributed by atoms with Gasteiger partial charge in [-0.1, -0.05) is 27.7 Å². The normalized spacial score (nSPS) is 13.6. The fraction of sp³-hybridized carbons (Fsp3) is 0.688. The van der Waals surface area contributed by atoms with Gasteiger partial charge in [-0.15, -0.1) is 5.06 Å².